The van der Waals surface area contributed by atoms with Crippen molar-refractivity contribution in [2.45, 2.75) is 39.8 Å². The van der Waals surface area contributed by atoms with Crippen LogP contribution in [0.5, 0.6) is 0 Å². The number of halogens is 2. The minimum atomic E-state index is -0.826. The average molecular weight is 507 g/mol. The van der Waals surface area contributed by atoms with E-state index in [2.05, 4.69) is 107 Å². The first-order valence-electron chi connectivity index (χ1n) is 9.29. The first kappa shape index (κ1) is 25.4. The van der Waals surface area contributed by atoms with Crippen molar-refractivity contribution in [3.8, 4) is 0 Å². The van der Waals surface area contributed by atoms with E-state index in [-0.39, 0.29) is 0 Å². The molecule has 0 aliphatic rings. The fourth-order valence-electron chi connectivity index (χ4n) is 2.81. The molecule has 28 heavy (non-hydrogen) atoms. The van der Waals surface area contributed by atoms with Crippen LogP contribution in [0.2, 0.25) is 13.1 Å². The number of hydrogen-bond donors (Lipinski definition) is 0. The van der Waals surface area contributed by atoms with E-state index in [9.17, 15) is 0 Å². The van der Waals surface area contributed by atoms with Gasteiger partial charge in [-0.3, -0.25) is 0 Å². The van der Waals surface area contributed by atoms with Crippen LogP contribution in [0.25, 0.3) is 21.5 Å². The molecule has 0 nitrogen and oxygen atoms in total. The third-order valence-corrected chi connectivity index (χ3v) is 4.07. The number of fused-ring (bicyclic) bond motifs is 2. The molecule has 0 spiro atoms. The standard InChI is InChI=1S/C12H13.C10H9.C2H6Si.2ClH.Zr/c1-9(2)12-7-10-5-3-4-6-11(10)8-12;1-8-6-9-4-2-3-5-10(9)7-8;1-3-2;;;/h3-9H,1-2H3;2-7H,1H3;1-2H3;2*1H;/q2*-1;;;;+4/p-2. The van der Waals surface area contributed by atoms with Crippen LogP contribution in [0.15, 0.2) is 72.8 Å². The number of aryl methyl sites for hydroxylation is 1. The van der Waals surface area contributed by atoms with Gasteiger partial charge in [0.05, 0.1) is 0 Å². The molecule has 0 saturated heterocycles. The molecule has 0 bridgehead atoms. The Morgan fingerprint density at radius 3 is 1.68 bits per heavy atom. The molecule has 0 unspecified atom stereocenters. The summed E-state index contributed by atoms with van der Waals surface area (Å²) in [7, 11) is 11.0. The predicted octanol–water partition coefficient (Wildman–Crippen LogP) is 8.71. The molecule has 4 aromatic rings. The number of hydrogen-bond acceptors (Lipinski definition) is 0. The van der Waals surface area contributed by atoms with Gasteiger partial charge in [-0.05, 0) is 5.92 Å². The van der Waals surface area contributed by atoms with Gasteiger partial charge in [-0.1, -0.05) is 46.0 Å². The van der Waals surface area contributed by atoms with Crippen LogP contribution in [-0.4, -0.2) is 9.52 Å². The Kier molecular flexibility index (Phi) is 13.0. The summed E-state index contributed by atoms with van der Waals surface area (Å²) in [6.45, 7) is 10.9. The molecule has 0 aliphatic carbocycles. The molecular formula is C24H28Cl2SiZr. The SMILES string of the molecule is CC(C)c1cc2ccccc2[cH-]1.C[Si]C.Cc1cc2ccccc2[cH-]1.[Cl][Zr+2][Cl]. The van der Waals surface area contributed by atoms with Gasteiger partial charge in [-0.25, -0.2) is 0 Å². The first-order chi connectivity index (χ1) is 13.5. The van der Waals surface area contributed by atoms with Crippen LogP contribution in [0.4, 0.5) is 0 Å². The van der Waals surface area contributed by atoms with E-state index in [1.807, 2.05) is 0 Å². The van der Waals surface area contributed by atoms with E-state index in [0.717, 1.165) is 9.52 Å². The van der Waals surface area contributed by atoms with Crippen molar-refractivity contribution in [3.05, 3.63) is 83.9 Å². The van der Waals surface area contributed by atoms with Crippen molar-refractivity contribution < 1.29 is 20.8 Å². The summed E-state index contributed by atoms with van der Waals surface area (Å²) in [5, 5.41) is 5.42. The van der Waals surface area contributed by atoms with Crippen LogP contribution in [0.3, 0.4) is 0 Å². The molecule has 4 heteroatoms. The zero-order valence-corrected chi connectivity index (χ0v) is 22.2. The average Bonchev–Trinajstić information content (AvgIpc) is 3.26. The topological polar surface area (TPSA) is 0 Å². The molecule has 0 heterocycles. The first-order valence-corrected chi connectivity index (χ1v) is 17.6. The molecule has 0 N–H and O–H groups in total. The minimum absolute atomic E-state index is 0.636. The van der Waals surface area contributed by atoms with E-state index in [1.54, 1.807) is 0 Å². The third-order valence-electron chi connectivity index (χ3n) is 4.07. The van der Waals surface area contributed by atoms with Gasteiger partial charge in [0.15, 0.2) is 0 Å². The third kappa shape index (κ3) is 8.78. The molecule has 0 fully saturated rings. The van der Waals surface area contributed by atoms with Gasteiger partial charge in [0.25, 0.3) is 0 Å². The van der Waals surface area contributed by atoms with Crippen molar-refractivity contribution in [2.24, 2.45) is 0 Å². The van der Waals surface area contributed by atoms with Crippen LogP contribution >= 0.6 is 17.0 Å². The molecule has 0 aromatic heterocycles. The summed E-state index contributed by atoms with van der Waals surface area (Å²) < 4.78 is 0. The maximum atomic E-state index is 4.93. The van der Waals surface area contributed by atoms with Crippen LogP contribution in [0, 0.1) is 6.92 Å². The fraction of sp³-hybridized carbons (Fsp3) is 0.250. The van der Waals surface area contributed by atoms with Crippen molar-refractivity contribution in [1.82, 2.24) is 0 Å². The second-order valence-electron chi connectivity index (χ2n) is 6.81. The van der Waals surface area contributed by atoms with E-state index < -0.39 is 20.8 Å². The Labute approximate surface area is 191 Å². The van der Waals surface area contributed by atoms with Gasteiger partial charge in [-0.2, -0.15) is 12.1 Å². The molecule has 2 radical (unpaired) electrons. The molecule has 0 saturated carbocycles. The molecule has 146 valence electrons. The van der Waals surface area contributed by atoms with Crippen molar-refractivity contribution in [2.75, 3.05) is 0 Å². The van der Waals surface area contributed by atoms with Gasteiger partial charge < -0.3 is 0 Å². The molecule has 0 atom stereocenters. The van der Waals surface area contributed by atoms with Crippen molar-refractivity contribution in [3.63, 3.8) is 0 Å². The molecule has 4 rings (SSSR count). The van der Waals surface area contributed by atoms with Crippen LogP contribution in [-0.2, 0) is 20.8 Å². The van der Waals surface area contributed by atoms with Gasteiger partial charge in [0, 0.05) is 9.52 Å². The second kappa shape index (κ2) is 14.3. The van der Waals surface area contributed by atoms with Gasteiger partial charge >= 0.3 is 37.9 Å². The zero-order chi connectivity index (χ0) is 20.9. The Balaban J connectivity index is 0.000000222. The Hall–Kier alpha value is -0.660. The van der Waals surface area contributed by atoms with Crippen molar-refractivity contribution >= 4 is 48.1 Å². The summed E-state index contributed by atoms with van der Waals surface area (Å²) in [5.74, 6) is 0.636. The summed E-state index contributed by atoms with van der Waals surface area (Å²) in [4.78, 5) is 0. The van der Waals surface area contributed by atoms with Gasteiger partial charge in [0.2, 0.25) is 0 Å². The molecule has 4 aromatic carbocycles. The van der Waals surface area contributed by atoms with E-state index in [1.165, 1.54) is 32.7 Å². The van der Waals surface area contributed by atoms with E-state index in [0.29, 0.717) is 5.92 Å². The fourth-order valence-corrected chi connectivity index (χ4v) is 2.81. The molecular weight excluding hydrogens is 478 g/mol. The summed E-state index contributed by atoms with van der Waals surface area (Å²) in [6.07, 6.45) is 0. The summed E-state index contributed by atoms with van der Waals surface area (Å²) >= 11 is -0.826. The summed E-state index contributed by atoms with van der Waals surface area (Å²) in [6, 6.07) is 25.9. The monoisotopic (exact) mass is 504 g/mol. The molecule has 0 aliphatic heterocycles. The zero-order valence-electron chi connectivity index (χ0n) is 17.3. The Morgan fingerprint density at radius 2 is 1.25 bits per heavy atom. The van der Waals surface area contributed by atoms with Crippen LogP contribution < -0.4 is 0 Å². The predicted molar refractivity (Wildman–Crippen MR) is 127 cm³/mol. The quantitative estimate of drug-likeness (QED) is 0.179. The Bertz CT molecular complexity index is 856. The van der Waals surface area contributed by atoms with Gasteiger partial charge in [-0.15, -0.1) is 81.2 Å². The van der Waals surface area contributed by atoms with E-state index in [4.69, 9.17) is 17.0 Å². The number of rotatable bonds is 1. The Morgan fingerprint density at radius 1 is 0.821 bits per heavy atom. The maximum absolute atomic E-state index is 4.93. The van der Waals surface area contributed by atoms with Gasteiger partial charge in [0.1, 0.15) is 0 Å². The normalized spacial score (nSPS) is 9.57. The van der Waals surface area contributed by atoms with Crippen LogP contribution in [0.1, 0.15) is 30.9 Å². The number of benzene rings is 2. The molecule has 0 amide bonds. The summed E-state index contributed by atoms with van der Waals surface area (Å²) in [5.41, 5.74) is 2.79. The second-order valence-corrected chi connectivity index (χ2v) is 11.5. The van der Waals surface area contributed by atoms with E-state index >= 15 is 0 Å². The van der Waals surface area contributed by atoms with Crippen molar-refractivity contribution in [1.29, 1.82) is 0 Å².